The number of nitrogens with zero attached hydrogens (tertiary/aromatic N) is 5. The van der Waals surface area contributed by atoms with Gasteiger partial charge >= 0.3 is 0 Å². The highest BCUT2D eigenvalue weighted by Gasteiger charge is 2.45. The Morgan fingerprint density at radius 3 is 1.00 bits per heavy atom. The molecule has 15 aromatic rings. The van der Waals surface area contributed by atoms with Gasteiger partial charge in [-0.25, -0.2) is 0 Å². The third kappa shape index (κ3) is 9.25. The number of benzene rings is 12. The zero-order chi connectivity index (χ0) is 66.1. The van der Waals surface area contributed by atoms with Crippen LogP contribution < -0.4 is 31.6 Å². The number of hydrogen-bond acceptors (Lipinski definition) is 3. The highest BCUT2D eigenvalue weighted by molar-refractivity contribution is 7.00. The first-order chi connectivity index (χ1) is 46.1. The molecule has 0 N–H and O–H groups in total. The third-order valence-corrected chi connectivity index (χ3v) is 20.8. The van der Waals surface area contributed by atoms with Gasteiger partial charge in [-0.3, -0.25) is 4.79 Å². The standard InChI is InChI=1S/C89H78BN5O/c1-86(2,3)57-45-58(87(4,5)6)48-63(47-57)94-80-51-61(91-74-33-21-16-28-66(74)67-29-17-22-34-75(67)91)39-41-72(80)90-73-42-40-62(92-76-35-23-18-30-68(76)71-44-56(38-43-79(71)92)55-26-14-13-15-27-55)52-81(73)95(64-49-59(88(7,8)9)46-60(50-64)89(10,11)12)83-54-65(53-82(94)84(83)90)93-77-36-24-19-31-69(77)85(96)70-32-20-25-37-78(70)93/h13-54H,1-12H3. The predicted octanol–water partition coefficient (Wildman–Crippen LogP) is 21.3. The smallest absolute Gasteiger partial charge is 0.252 e. The minimum atomic E-state index is -0.238. The third-order valence-electron chi connectivity index (χ3n) is 20.8. The molecule has 0 unspecified atom stereocenters. The summed E-state index contributed by atoms with van der Waals surface area (Å²) in [6, 6.07) is 95.1. The van der Waals surface area contributed by atoms with E-state index < -0.39 is 0 Å². The van der Waals surface area contributed by atoms with Crippen molar-refractivity contribution >= 4 is 123 Å². The van der Waals surface area contributed by atoms with E-state index in [0.717, 1.165) is 84.3 Å². The van der Waals surface area contributed by atoms with E-state index in [1.807, 2.05) is 24.3 Å². The molecule has 7 heteroatoms. The van der Waals surface area contributed by atoms with Gasteiger partial charge in [0, 0.05) is 77.8 Å². The van der Waals surface area contributed by atoms with Gasteiger partial charge in [0.25, 0.3) is 6.71 Å². The Morgan fingerprint density at radius 1 is 0.260 bits per heavy atom. The van der Waals surface area contributed by atoms with E-state index in [9.17, 15) is 4.79 Å². The number of hydrogen-bond donors (Lipinski definition) is 0. The molecule has 0 bridgehead atoms. The van der Waals surface area contributed by atoms with Crippen molar-refractivity contribution in [2.24, 2.45) is 0 Å². The first kappa shape index (κ1) is 59.1. The minimum Gasteiger partial charge on any atom is -0.311 e. The van der Waals surface area contributed by atoms with Crippen LogP contribution in [0.1, 0.15) is 105 Å². The molecule has 2 aliphatic rings. The molecule has 96 heavy (non-hydrogen) atoms. The molecule has 468 valence electrons. The Balaban J connectivity index is 1.05. The molecule has 0 fully saturated rings. The van der Waals surface area contributed by atoms with Crippen molar-refractivity contribution in [3.63, 3.8) is 0 Å². The Labute approximate surface area is 563 Å². The molecule has 3 aromatic heterocycles. The van der Waals surface area contributed by atoms with Crippen molar-refractivity contribution < 1.29 is 0 Å². The van der Waals surface area contributed by atoms with E-state index in [1.165, 1.54) is 71.3 Å². The molecule has 17 rings (SSSR count). The molecule has 0 aliphatic carbocycles. The van der Waals surface area contributed by atoms with Gasteiger partial charge in [0.15, 0.2) is 5.43 Å². The van der Waals surface area contributed by atoms with Crippen LogP contribution in [-0.4, -0.2) is 20.4 Å². The molecule has 0 radical (unpaired) electrons. The molecule has 0 spiro atoms. The average molecular weight is 1240 g/mol. The van der Waals surface area contributed by atoms with E-state index in [4.69, 9.17) is 0 Å². The van der Waals surface area contributed by atoms with E-state index in [1.54, 1.807) is 0 Å². The number of anilines is 6. The topological polar surface area (TPSA) is 38.3 Å². The Hall–Kier alpha value is -10.6. The lowest BCUT2D eigenvalue weighted by Gasteiger charge is -2.45. The van der Waals surface area contributed by atoms with Gasteiger partial charge in [0.05, 0.1) is 38.8 Å². The highest BCUT2D eigenvalue weighted by Crippen LogP contribution is 2.50. The lowest BCUT2D eigenvalue weighted by molar-refractivity contribution is 0.568. The second kappa shape index (κ2) is 21.2. The van der Waals surface area contributed by atoms with Gasteiger partial charge in [-0.15, -0.1) is 0 Å². The summed E-state index contributed by atoms with van der Waals surface area (Å²) in [5, 5.41) is 6.20. The lowest BCUT2D eigenvalue weighted by atomic mass is 9.33. The van der Waals surface area contributed by atoms with Crippen LogP contribution in [-0.2, 0) is 21.7 Å². The minimum absolute atomic E-state index is 0.0248. The molecular formula is C89H78BN5O. The highest BCUT2D eigenvalue weighted by atomic mass is 16.1. The Kier molecular flexibility index (Phi) is 13.1. The monoisotopic (exact) mass is 1240 g/mol. The number of para-hydroxylation sites is 5. The van der Waals surface area contributed by atoms with Gasteiger partial charge in [0.1, 0.15) is 0 Å². The van der Waals surface area contributed by atoms with E-state index in [2.05, 4.69) is 337 Å². The summed E-state index contributed by atoms with van der Waals surface area (Å²) >= 11 is 0. The van der Waals surface area contributed by atoms with Crippen LogP contribution >= 0.6 is 0 Å². The number of rotatable bonds is 6. The van der Waals surface area contributed by atoms with Crippen LogP contribution in [0.2, 0.25) is 0 Å². The van der Waals surface area contributed by atoms with Crippen molar-refractivity contribution in [1.82, 2.24) is 13.7 Å². The van der Waals surface area contributed by atoms with Crippen LogP contribution in [0.25, 0.3) is 93.6 Å². The fourth-order valence-electron chi connectivity index (χ4n) is 15.7. The van der Waals surface area contributed by atoms with Crippen molar-refractivity contribution in [1.29, 1.82) is 0 Å². The molecular weight excluding hydrogens is 1170 g/mol. The molecule has 0 atom stereocenters. The van der Waals surface area contributed by atoms with Gasteiger partial charge in [-0.1, -0.05) is 223 Å². The van der Waals surface area contributed by atoms with Crippen LogP contribution in [0.4, 0.5) is 34.1 Å². The Bertz CT molecular complexity index is 5640. The fourth-order valence-corrected chi connectivity index (χ4v) is 15.7. The first-order valence-corrected chi connectivity index (χ1v) is 34.1. The zero-order valence-electron chi connectivity index (χ0n) is 57.0. The second-order valence-electron chi connectivity index (χ2n) is 31.0. The maximum atomic E-state index is 14.9. The quantitative estimate of drug-likeness (QED) is 0.123. The zero-order valence-corrected chi connectivity index (χ0v) is 57.0. The maximum Gasteiger partial charge on any atom is 0.252 e. The van der Waals surface area contributed by atoms with Crippen LogP contribution in [0, 0.1) is 0 Å². The molecule has 2 aliphatic heterocycles. The second-order valence-corrected chi connectivity index (χ2v) is 31.0. The average Bonchev–Trinajstić information content (AvgIpc) is 0.779. The summed E-state index contributed by atoms with van der Waals surface area (Å²) in [5.41, 5.74) is 26.4. The lowest BCUT2D eigenvalue weighted by Crippen LogP contribution is -2.61. The summed E-state index contributed by atoms with van der Waals surface area (Å²) < 4.78 is 7.32. The molecule has 0 saturated heterocycles. The fraction of sp³-hybridized carbons (Fsp3) is 0.180. The van der Waals surface area contributed by atoms with E-state index in [0.29, 0.717) is 10.8 Å². The molecule has 0 amide bonds. The number of pyridine rings is 1. The van der Waals surface area contributed by atoms with Gasteiger partial charge in [-0.2, -0.15) is 0 Å². The van der Waals surface area contributed by atoms with Crippen molar-refractivity contribution in [2.45, 2.75) is 105 Å². The first-order valence-electron chi connectivity index (χ1n) is 34.1. The SMILES string of the molecule is CC(C)(C)c1cc(N2c3cc(-n4c5ccccc5c5ccccc54)ccc3B3c4ccc(-n5c6ccccc6c6cc(-c7ccccc7)ccc65)cc4N(c4cc(C(C)(C)C)cc(C(C)(C)C)c4)c4cc(-n5c6ccccc6c(=O)c6ccccc65)cc2c43)cc(C(C)(C)C)c1. The van der Waals surface area contributed by atoms with Crippen LogP contribution in [0.15, 0.2) is 260 Å². The molecule has 5 heterocycles. The number of aromatic nitrogens is 3. The van der Waals surface area contributed by atoms with Gasteiger partial charge in [-0.05, 0) is 187 Å². The summed E-state index contributed by atoms with van der Waals surface area (Å²) in [6.07, 6.45) is 0. The normalized spacial score (nSPS) is 13.4. The molecule has 12 aromatic carbocycles. The largest absolute Gasteiger partial charge is 0.311 e. The molecule has 0 saturated carbocycles. The van der Waals surface area contributed by atoms with Crippen molar-refractivity contribution in [3.8, 4) is 28.2 Å². The molecule has 6 nitrogen and oxygen atoms in total. The van der Waals surface area contributed by atoms with Gasteiger partial charge < -0.3 is 23.5 Å². The van der Waals surface area contributed by atoms with Crippen LogP contribution in [0.5, 0.6) is 0 Å². The van der Waals surface area contributed by atoms with Crippen molar-refractivity contribution in [2.75, 3.05) is 9.80 Å². The summed E-state index contributed by atoms with van der Waals surface area (Å²) in [6.45, 7) is 27.9. The van der Waals surface area contributed by atoms with Crippen molar-refractivity contribution in [3.05, 3.63) is 287 Å². The summed E-state index contributed by atoms with van der Waals surface area (Å²) in [4.78, 5) is 20.2. The van der Waals surface area contributed by atoms with E-state index >= 15 is 0 Å². The summed E-state index contributed by atoms with van der Waals surface area (Å²) in [7, 11) is 0. The van der Waals surface area contributed by atoms with Gasteiger partial charge in [0.2, 0.25) is 0 Å². The Morgan fingerprint density at radius 2 is 0.594 bits per heavy atom. The summed E-state index contributed by atoms with van der Waals surface area (Å²) in [5.74, 6) is 0. The number of fused-ring (bicyclic) bond motifs is 12. The maximum absolute atomic E-state index is 14.9. The van der Waals surface area contributed by atoms with E-state index in [-0.39, 0.29) is 33.8 Å². The van der Waals surface area contributed by atoms with Crippen LogP contribution in [0.3, 0.4) is 0 Å². The predicted molar refractivity (Wildman–Crippen MR) is 410 cm³/mol.